The van der Waals surface area contributed by atoms with E-state index in [0.717, 1.165) is 38.1 Å². The van der Waals surface area contributed by atoms with Gasteiger partial charge in [-0.15, -0.1) is 0 Å². The highest BCUT2D eigenvalue weighted by atomic mass is 19.1. The minimum absolute atomic E-state index is 0.0472. The van der Waals surface area contributed by atoms with Crippen LogP contribution in [0.4, 0.5) is 8.78 Å². The lowest BCUT2D eigenvalue weighted by Gasteiger charge is -2.30. The van der Waals surface area contributed by atoms with Gasteiger partial charge in [0.25, 0.3) is 5.91 Å². The molecule has 1 saturated heterocycles. The van der Waals surface area contributed by atoms with Gasteiger partial charge < -0.3 is 20.7 Å². The normalized spacial score (nSPS) is 15.7. The highest BCUT2D eigenvalue weighted by Crippen LogP contribution is 2.32. The fourth-order valence-electron chi connectivity index (χ4n) is 4.49. The lowest BCUT2D eigenvalue weighted by atomic mass is 9.95. The monoisotopic (exact) mass is 513 g/mol. The molecule has 1 aliphatic rings. The Bertz CT molecular complexity index is 1300. The molecule has 0 radical (unpaired) electrons. The van der Waals surface area contributed by atoms with Crippen LogP contribution in [0.1, 0.15) is 50.4 Å². The van der Waals surface area contributed by atoms with Gasteiger partial charge in [0.1, 0.15) is 17.1 Å². The zero-order valence-electron chi connectivity index (χ0n) is 21.4. The molecular weight excluding hydrogens is 480 g/mol. The van der Waals surface area contributed by atoms with Crippen LogP contribution in [0.3, 0.4) is 0 Å². The van der Waals surface area contributed by atoms with Crippen LogP contribution in [0.25, 0.3) is 10.9 Å². The molecule has 3 aromatic rings. The second-order valence-corrected chi connectivity index (χ2v) is 10.3. The van der Waals surface area contributed by atoms with Crippen molar-refractivity contribution in [3.05, 3.63) is 53.7 Å². The average Bonchev–Trinajstić information content (AvgIpc) is 3.48. The van der Waals surface area contributed by atoms with E-state index in [1.807, 2.05) is 0 Å². The van der Waals surface area contributed by atoms with E-state index in [2.05, 4.69) is 29.2 Å². The summed E-state index contributed by atoms with van der Waals surface area (Å²) in [5, 5.41) is 7.89. The van der Waals surface area contributed by atoms with Gasteiger partial charge >= 0.3 is 0 Å². The first-order chi connectivity index (χ1) is 17.6. The zero-order valence-corrected chi connectivity index (χ0v) is 21.4. The van der Waals surface area contributed by atoms with Gasteiger partial charge in [0.15, 0.2) is 11.6 Å². The van der Waals surface area contributed by atoms with Gasteiger partial charge in [-0.1, -0.05) is 13.8 Å². The van der Waals surface area contributed by atoms with E-state index in [0.29, 0.717) is 42.4 Å². The molecule has 3 N–H and O–H groups in total. The maximum Gasteiger partial charge on any atom is 0.255 e. The standard InChI is InChI=1S/C27H33F2N5O3/c1-17(2)16-34-22-14-20(25(35)32-27(3,26(30)36)8-11-33-9-4-5-10-33)24(12-18(22)15-31-34)37-23-7-6-19(28)13-21(23)29/h6-7,12-15,17H,4-5,8-11,16H2,1-3H3,(H2,30,36)(H,32,35). The molecule has 0 saturated carbocycles. The molecule has 1 atom stereocenters. The Balaban J connectivity index is 1.70. The van der Waals surface area contributed by atoms with Crippen LogP contribution in [0, 0.1) is 17.6 Å². The third-order valence-electron chi connectivity index (χ3n) is 6.70. The molecule has 4 rings (SSSR count). The molecule has 1 fully saturated rings. The molecule has 1 aromatic heterocycles. The maximum absolute atomic E-state index is 14.4. The largest absolute Gasteiger partial charge is 0.453 e. The van der Waals surface area contributed by atoms with E-state index in [-0.39, 0.29) is 17.1 Å². The molecule has 2 amide bonds. The molecule has 1 unspecified atom stereocenters. The molecule has 198 valence electrons. The van der Waals surface area contributed by atoms with Crippen LogP contribution >= 0.6 is 0 Å². The van der Waals surface area contributed by atoms with Crippen LogP contribution in [0.5, 0.6) is 11.5 Å². The first-order valence-corrected chi connectivity index (χ1v) is 12.5. The smallest absolute Gasteiger partial charge is 0.255 e. The number of amides is 2. The Morgan fingerprint density at radius 1 is 1.16 bits per heavy atom. The number of ether oxygens (including phenoxy) is 1. The maximum atomic E-state index is 14.4. The van der Waals surface area contributed by atoms with Crippen LogP contribution in [0.15, 0.2) is 36.5 Å². The van der Waals surface area contributed by atoms with Crippen molar-refractivity contribution in [3.8, 4) is 11.5 Å². The fraction of sp³-hybridized carbons (Fsp3) is 0.444. The van der Waals surface area contributed by atoms with Gasteiger partial charge in [-0.25, -0.2) is 8.78 Å². The number of fused-ring (bicyclic) bond motifs is 1. The minimum Gasteiger partial charge on any atom is -0.453 e. The number of hydrogen-bond acceptors (Lipinski definition) is 5. The van der Waals surface area contributed by atoms with Gasteiger partial charge in [-0.05, 0) is 69.5 Å². The number of carbonyl (C=O) groups is 2. The molecule has 0 bridgehead atoms. The van der Waals surface area contributed by atoms with Gasteiger partial charge in [-0.3, -0.25) is 14.3 Å². The summed E-state index contributed by atoms with van der Waals surface area (Å²) in [7, 11) is 0. The average molecular weight is 514 g/mol. The van der Waals surface area contributed by atoms with Gasteiger partial charge in [-0.2, -0.15) is 5.10 Å². The summed E-state index contributed by atoms with van der Waals surface area (Å²) in [5.74, 6) is -2.80. The molecule has 8 nitrogen and oxygen atoms in total. The van der Waals surface area contributed by atoms with Crippen molar-refractivity contribution in [1.29, 1.82) is 0 Å². The number of aromatic nitrogens is 2. The van der Waals surface area contributed by atoms with Crippen LogP contribution in [-0.2, 0) is 11.3 Å². The first kappa shape index (κ1) is 26.5. The van der Waals surface area contributed by atoms with E-state index in [1.165, 1.54) is 0 Å². The van der Waals surface area contributed by atoms with E-state index in [9.17, 15) is 18.4 Å². The predicted molar refractivity (Wildman–Crippen MR) is 136 cm³/mol. The molecular formula is C27H33F2N5O3. The van der Waals surface area contributed by atoms with Gasteiger partial charge in [0, 0.05) is 24.5 Å². The molecule has 0 spiro atoms. The Morgan fingerprint density at radius 2 is 1.89 bits per heavy atom. The Kier molecular flexibility index (Phi) is 7.77. The van der Waals surface area contributed by atoms with Crippen LogP contribution in [0.2, 0.25) is 0 Å². The topological polar surface area (TPSA) is 102 Å². The quantitative estimate of drug-likeness (QED) is 0.423. The number of benzene rings is 2. The van der Waals surface area contributed by atoms with Crippen LogP contribution < -0.4 is 15.8 Å². The van der Waals surface area contributed by atoms with Gasteiger partial charge in [0.2, 0.25) is 5.91 Å². The first-order valence-electron chi connectivity index (χ1n) is 12.5. The van der Waals surface area contributed by atoms with Crippen LogP contribution in [-0.4, -0.2) is 51.7 Å². The predicted octanol–water partition coefficient (Wildman–Crippen LogP) is 4.22. The SMILES string of the molecule is CC(C)Cn1ncc2cc(Oc3ccc(F)cc3F)c(C(=O)NC(C)(CCN3CCCC3)C(N)=O)cc21. The van der Waals surface area contributed by atoms with Crippen molar-refractivity contribution in [2.45, 2.75) is 52.1 Å². The number of nitrogens with one attached hydrogen (secondary N) is 1. The second-order valence-electron chi connectivity index (χ2n) is 10.3. The number of carbonyl (C=O) groups excluding carboxylic acids is 2. The van der Waals surface area contributed by atoms with E-state index < -0.39 is 29.0 Å². The minimum atomic E-state index is -1.31. The number of rotatable bonds is 10. The molecule has 2 aromatic carbocycles. The number of hydrogen-bond donors (Lipinski definition) is 2. The summed E-state index contributed by atoms with van der Waals surface area (Å²) in [6, 6.07) is 6.13. The lowest BCUT2D eigenvalue weighted by molar-refractivity contribution is -0.123. The molecule has 0 aliphatic carbocycles. The zero-order chi connectivity index (χ0) is 26.7. The number of halogens is 2. The molecule has 37 heavy (non-hydrogen) atoms. The van der Waals surface area contributed by atoms with Crippen molar-refractivity contribution < 1.29 is 23.1 Å². The Morgan fingerprint density at radius 3 is 2.54 bits per heavy atom. The molecule has 10 heteroatoms. The second kappa shape index (κ2) is 10.8. The summed E-state index contributed by atoms with van der Waals surface area (Å²) in [5.41, 5.74) is 5.18. The van der Waals surface area contributed by atoms with Crippen molar-refractivity contribution in [2.24, 2.45) is 11.7 Å². The van der Waals surface area contributed by atoms with Crippen molar-refractivity contribution in [1.82, 2.24) is 20.0 Å². The van der Waals surface area contributed by atoms with Crippen molar-refractivity contribution in [2.75, 3.05) is 19.6 Å². The highest BCUT2D eigenvalue weighted by molar-refractivity contribution is 6.03. The third-order valence-corrected chi connectivity index (χ3v) is 6.70. The Labute approximate surface area is 214 Å². The van der Waals surface area contributed by atoms with E-state index in [1.54, 1.807) is 29.9 Å². The summed E-state index contributed by atoms with van der Waals surface area (Å²) in [6.07, 6.45) is 4.18. The summed E-state index contributed by atoms with van der Waals surface area (Å²) in [6.45, 7) is 8.82. The van der Waals surface area contributed by atoms with E-state index in [4.69, 9.17) is 10.5 Å². The van der Waals surface area contributed by atoms with Crippen molar-refractivity contribution in [3.63, 3.8) is 0 Å². The molecule has 2 heterocycles. The third kappa shape index (κ3) is 6.07. The number of primary amides is 1. The Hall–Kier alpha value is -3.53. The van der Waals surface area contributed by atoms with Gasteiger partial charge in [0.05, 0.1) is 17.3 Å². The summed E-state index contributed by atoms with van der Waals surface area (Å²) >= 11 is 0. The number of nitrogens with two attached hydrogens (primary N) is 1. The summed E-state index contributed by atoms with van der Waals surface area (Å²) < 4.78 is 35.4. The number of nitrogens with zero attached hydrogens (tertiary/aromatic N) is 3. The van der Waals surface area contributed by atoms with E-state index >= 15 is 0 Å². The lowest BCUT2D eigenvalue weighted by Crippen LogP contribution is -2.56. The fourth-order valence-corrected chi connectivity index (χ4v) is 4.49. The highest BCUT2D eigenvalue weighted by Gasteiger charge is 2.35. The molecule has 1 aliphatic heterocycles. The summed E-state index contributed by atoms with van der Waals surface area (Å²) in [4.78, 5) is 28.3. The number of likely N-dealkylation sites (tertiary alicyclic amines) is 1. The van der Waals surface area contributed by atoms with Crippen molar-refractivity contribution >= 4 is 22.7 Å².